The van der Waals surface area contributed by atoms with Gasteiger partial charge in [0.2, 0.25) is 0 Å². The van der Waals surface area contributed by atoms with Crippen molar-refractivity contribution in [1.82, 2.24) is 10.6 Å². The molecule has 1 fully saturated rings. The Kier molecular flexibility index (Phi) is 4.47. The van der Waals surface area contributed by atoms with Crippen molar-refractivity contribution in [2.24, 2.45) is 4.99 Å². The molecule has 3 rings (SSSR count). The molecular weight excluding hydrogens is 349 g/mol. The van der Waals surface area contributed by atoms with E-state index >= 15 is 0 Å². The average Bonchev–Trinajstić information content (AvgIpc) is 3.08. The van der Waals surface area contributed by atoms with E-state index in [9.17, 15) is 4.39 Å². The Labute approximate surface area is 136 Å². The van der Waals surface area contributed by atoms with Crippen molar-refractivity contribution in [3.63, 3.8) is 0 Å². The summed E-state index contributed by atoms with van der Waals surface area (Å²) >= 11 is 3.18. The first kappa shape index (κ1) is 15.1. The molecular formula is C16H17BrFN3O. The second-order valence-corrected chi connectivity index (χ2v) is 6.13. The zero-order valence-corrected chi connectivity index (χ0v) is 13.7. The van der Waals surface area contributed by atoms with Crippen molar-refractivity contribution in [2.75, 3.05) is 7.05 Å². The summed E-state index contributed by atoms with van der Waals surface area (Å²) in [7, 11) is 1.73. The molecule has 0 spiro atoms. The lowest BCUT2D eigenvalue weighted by Gasteiger charge is -2.11. The van der Waals surface area contributed by atoms with Crippen LogP contribution in [0.3, 0.4) is 0 Å². The maximum atomic E-state index is 13.6. The fourth-order valence-corrected chi connectivity index (χ4v) is 2.67. The number of aliphatic imine (C=N–C) groups is 1. The summed E-state index contributed by atoms with van der Waals surface area (Å²) in [5.74, 6) is 1.68. The number of benzene rings is 1. The van der Waals surface area contributed by atoms with E-state index < -0.39 is 0 Å². The van der Waals surface area contributed by atoms with Crippen LogP contribution in [0.2, 0.25) is 0 Å². The van der Waals surface area contributed by atoms with Gasteiger partial charge in [0.05, 0.1) is 17.3 Å². The topological polar surface area (TPSA) is 49.6 Å². The Bertz CT molecular complexity index is 672. The Morgan fingerprint density at radius 2 is 2.32 bits per heavy atom. The maximum absolute atomic E-state index is 13.6. The van der Waals surface area contributed by atoms with Crippen LogP contribution in [-0.4, -0.2) is 19.0 Å². The molecule has 1 aliphatic carbocycles. The normalized spacial score (nSPS) is 20.8. The lowest BCUT2D eigenvalue weighted by atomic mass is 10.1. The Balaban J connectivity index is 1.54. The summed E-state index contributed by atoms with van der Waals surface area (Å²) < 4.78 is 19.4. The van der Waals surface area contributed by atoms with Gasteiger partial charge in [-0.2, -0.15) is 0 Å². The Hall–Kier alpha value is -1.82. The molecule has 6 heteroatoms. The lowest BCUT2D eigenvalue weighted by Crippen LogP contribution is -2.38. The van der Waals surface area contributed by atoms with Gasteiger partial charge in [-0.1, -0.05) is 6.07 Å². The zero-order valence-electron chi connectivity index (χ0n) is 12.1. The van der Waals surface area contributed by atoms with Crippen LogP contribution in [-0.2, 0) is 6.54 Å². The minimum Gasteiger partial charge on any atom is -0.467 e. The monoisotopic (exact) mass is 365 g/mol. The van der Waals surface area contributed by atoms with Crippen LogP contribution in [0.4, 0.5) is 4.39 Å². The molecule has 4 nitrogen and oxygen atoms in total. The Morgan fingerprint density at radius 3 is 3.00 bits per heavy atom. The van der Waals surface area contributed by atoms with Gasteiger partial charge in [0, 0.05) is 19.0 Å². The van der Waals surface area contributed by atoms with Crippen LogP contribution in [0.1, 0.15) is 23.7 Å². The van der Waals surface area contributed by atoms with Crippen molar-refractivity contribution < 1.29 is 8.81 Å². The molecule has 22 heavy (non-hydrogen) atoms. The summed E-state index contributed by atoms with van der Waals surface area (Å²) in [6, 6.07) is 9.35. The molecule has 0 aliphatic heterocycles. The van der Waals surface area contributed by atoms with Gasteiger partial charge >= 0.3 is 0 Å². The van der Waals surface area contributed by atoms with E-state index in [0.717, 1.165) is 23.7 Å². The number of nitrogens with one attached hydrogen (secondary N) is 2. The fourth-order valence-electron chi connectivity index (χ4n) is 2.42. The van der Waals surface area contributed by atoms with Crippen LogP contribution < -0.4 is 10.6 Å². The van der Waals surface area contributed by atoms with E-state index in [2.05, 4.69) is 31.6 Å². The number of guanidine groups is 1. The Morgan fingerprint density at radius 1 is 1.45 bits per heavy atom. The molecule has 2 aromatic rings. The number of furan rings is 1. The van der Waals surface area contributed by atoms with E-state index in [1.165, 1.54) is 0 Å². The van der Waals surface area contributed by atoms with E-state index in [1.807, 2.05) is 18.2 Å². The van der Waals surface area contributed by atoms with Gasteiger partial charge < -0.3 is 15.1 Å². The van der Waals surface area contributed by atoms with Crippen molar-refractivity contribution >= 4 is 21.9 Å². The van der Waals surface area contributed by atoms with Crippen molar-refractivity contribution in [3.05, 3.63) is 58.2 Å². The van der Waals surface area contributed by atoms with Crippen molar-refractivity contribution in [2.45, 2.75) is 24.9 Å². The molecule has 2 atom stereocenters. The number of nitrogens with zero attached hydrogens (tertiary/aromatic N) is 1. The van der Waals surface area contributed by atoms with Gasteiger partial charge in [0.15, 0.2) is 5.96 Å². The van der Waals surface area contributed by atoms with Crippen LogP contribution in [0.25, 0.3) is 0 Å². The molecule has 1 aliphatic rings. The summed E-state index contributed by atoms with van der Waals surface area (Å²) in [4.78, 5) is 4.20. The highest BCUT2D eigenvalue weighted by Crippen LogP contribution is 2.41. The van der Waals surface area contributed by atoms with Gasteiger partial charge in [-0.15, -0.1) is 0 Å². The van der Waals surface area contributed by atoms with Crippen molar-refractivity contribution in [1.29, 1.82) is 0 Å². The standard InChI is InChI=1S/C16H17BrFN3O/c1-19-16(20-9-11-3-2-6-22-11)21-15-8-12(15)10-4-5-13(17)14(18)7-10/h2-7,12,15H,8-9H2,1H3,(H2,19,20,21)/t12-,15+/m0/s1. The van der Waals surface area contributed by atoms with E-state index in [-0.39, 0.29) is 11.9 Å². The molecule has 1 aromatic heterocycles. The quantitative estimate of drug-likeness (QED) is 0.644. The third-order valence-corrected chi connectivity index (χ3v) is 4.36. The van der Waals surface area contributed by atoms with Gasteiger partial charge in [-0.05, 0) is 52.2 Å². The van der Waals surface area contributed by atoms with Crippen LogP contribution in [0.15, 0.2) is 50.5 Å². The second kappa shape index (κ2) is 6.52. The zero-order chi connectivity index (χ0) is 15.5. The third-order valence-electron chi connectivity index (χ3n) is 3.72. The van der Waals surface area contributed by atoms with Gasteiger partial charge in [0.1, 0.15) is 11.6 Å². The maximum Gasteiger partial charge on any atom is 0.191 e. The van der Waals surface area contributed by atoms with Gasteiger partial charge in [-0.25, -0.2) is 4.39 Å². The smallest absolute Gasteiger partial charge is 0.191 e. The van der Waals surface area contributed by atoms with Crippen LogP contribution in [0.5, 0.6) is 0 Å². The highest BCUT2D eigenvalue weighted by atomic mass is 79.9. The fraction of sp³-hybridized carbons (Fsp3) is 0.312. The highest BCUT2D eigenvalue weighted by Gasteiger charge is 2.39. The lowest BCUT2D eigenvalue weighted by molar-refractivity contribution is 0.501. The molecule has 0 unspecified atom stereocenters. The molecule has 0 radical (unpaired) electrons. The summed E-state index contributed by atoms with van der Waals surface area (Å²) in [5.41, 5.74) is 1.01. The number of hydrogen-bond acceptors (Lipinski definition) is 2. The van der Waals surface area contributed by atoms with Gasteiger partial charge in [-0.3, -0.25) is 4.99 Å². The minimum absolute atomic E-state index is 0.219. The minimum atomic E-state index is -0.219. The first-order chi connectivity index (χ1) is 10.7. The average molecular weight is 366 g/mol. The molecule has 2 N–H and O–H groups in total. The van der Waals surface area contributed by atoms with Crippen molar-refractivity contribution in [3.8, 4) is 0 Å². The molecule has 0 bridgehead atoms. The summed E-state index contributed by atoms with van der Waals surface area (Å²) in [5, 5.41) is 6.55. The summed E-state index contributed by atoms with van der Waals surface area (Å²) in [6.07, 6.45) is 2.62. The number of rotatable bonds is 4. The number of hydrogen-bond donors (Lipinski definition) is 2. The molecule has 1 saturated carbocycles. The van der Waals surface area contributed by atoms with Gasteiger partial charge in [0.25, 0.3) is 0 Å². The molecule has 1 heterocycles. The second-order valence-electron chi connectivity index (χ2n) is 5.27. The third kappa shape index (κ3) is 3.50. The molecule has 0 saturated heterocycles. The predicted molar refractivity (Wildman–Crippen MR) is 87.3 cm³/mol. The van der Waals surface area contributed by atoms with Crippen LogP contribution >= 0.6 is 15.9 Å². The predicted octanol–water partition coefficient (Wildman–Crippen LogP) is 3.40. The molecule has 0 amide bonds. The largest absolute Gasteiger partial charge is 0.467 e. The molecule has 116 valence electrons. The highest BCUT2D eigenvalue weighted by molar-refractivity contribution is 9.10. The molecule has 1 aromatic carbocycles. The van der Waals surface area contributed by atoms with E-state index in [0.29, 0.717) is 16.9 Å². The van der Waals surface area contributed by atoms with Crippen LogP contribution in [0, 0.1) is 5.82 Å². The SMILES string of the molecule is CN=C(NCc1ccco1)N[C@@H]1C[C@H]1c1ccc(Br)c(F)c1. The first-order valence-electron chi connectivity index (χ1n) is 7.12. The van der Waals surface area contributed by atoms with E-state index in [1.54, 1.807) is 25.4 Å². The first-order valence-corrected chi connectivity index (χ1v) is 7.91. The summed E-state index contributed by atoms with van der Waals surface area (Å²) in [6.45, 7) is 0.580. The number of halogens is 2. The van der Waals surface area contributed by atoms with E-state index in [4.69, 9.17) is 4.42 Å².